The van der Waals surface area contributed by atoms with Crippen molar-refractivity contribution in [2.45, 2.75) is 32.7 Å². The van der Waals surface area contributed by atoms with E-state index in [4.69, 9.17) is 0 Å². The number of aromatic hydroxyl groups is 1. The predicted molar refractivity (Wildman–Crippen MR) is 105 cm³/mol. The van der Waals surface area contributed by atoms with Crippen molar-refractivity contribution in [2.24, 2.45) is 0 Å². The summed E-state index contributed by atoms with van der Waals surface area (Å²) in [5.74, 6) is 1.20. The zero-order valence-corrected chi connectivity index (χ0v) is 15.8. The summed E-state index contributed by atoms with van der Waals surface area (Å²) in [6.45, 7) is 8.13. The van der Waals surface area contributed by atoms with Crippen LogP contribution in [0.2, 0.25) is 0 Å². The van der Waals surface area contributed by atoms with E-state index in [0.29, 0.717) is 6.04 Å². The van der Waals surface area contributed by atoms with Gasteiger partial charge in [0.15, 0.2) is 5.82 Å². The summed E-state index contributed by atoms with van der Waals surface area (Å²) in [7, 11) is 2.19. The maximum absolute atomic E-state index is 10.4. The predicted octanol–water partition coefficient (Wildman–Crippen LogP) is 2.79. The van der Waals surface area contributed by atoms with E-state index in [0.717, 1.165) is 53.5 Å². The lowest BCUT2D eigenvalue weighted by Gasteiger charge is -2.41. The largest absolute Gasteiger partial charge is 0.507 e. The first-order chi connectivity index (χ1) is 12.5. The van der Waals surface area contributed by atoms with E-state index >= 15 is 0 Å². The smallest absolute Gasteiger partial charge is 0.175 e. The third-order valence-electron chi connectivity index (χ3n) is 5.57. The first-order valence-electron chi connectivity index (χ1n) is 9.41. The highest BCUT2D eigenvalue weighted by atomic mass is 16.3. The number of piperidine rings is 1. The van der Waals surface area contributed by atoms with E-state index in [1.54, 1.807) is 6.07 Å². The van der Waals surface area contributed by atoms with Crippen LogP contribution in [-0.2, 0) is 0 Å². The van der Waals surface area contributed by atoms with E-state index in [1.807, 2.05) is 19.1 Å². The maximum Gasteiger partial charge on any atom is 0.175 e. The van der Waals surface area contributed by atoms with Gasteiger partial charge in [-0.1, -0.05) is 6.07 Å². The molecule has 0 spiro atoms. The van der Waals surface area contributed by atoms with Crippen LogP contribution in [0.15, 0.2) is 18.2 Å². The van der Waals surface area contributed by atoms with Gasteiger partial charge in [-0.25, -0.2) is 0 Å². The standard InChI is InChI=1S/C20H27N5O/c1-13-6-7-16(17(26)11-13)18-14(2)19-20(23-22-18)25(10-8-21-19)15-5-4-9-24(3)12-15/h6-7,11,15,21,26H,4-5,8-10,12H2,1-3H3/t15-/m1/s1. The van der Waals surface area contributed by atoms with Crippen molar-refractivity contribution in [3.63, 3.8) is 0 Å². The monoisotopic (exact) mass is 353 g/mol. The molecule has 1 atom stereocenters. The number of likely N-dealkylation sites (tertiary alicyclic amines) is 1. The Labute approximate surface area is 154 Å². The van der Waals surface area contributed by atoms with Gasteiger partial charge in [-0.05, 0) is 58.0 Å². The van der Waals surface area contributed by atoms with Gasteiger partial charge < -0.3 is 20.2 Å². The Kier molecular flexibility index (Phi) is 4.44. The molecule has 0 saturated carbocycles. The Balaban J connectivity index is 1.72. The molecule has 2 aliphatic heterocycles. The third-order valence-corrected chi connectivity index (χ3v) is 5.57. The summed E-state index contributed by atoms with van der Waals surface area (Å²) >= 11 is 0. The maximum atomic E-state index is 10.4. The fourth-order valence-corrected chi connectivity index (χ4v) is 4.18. The average Bonchev–Trinajstić information content (AvgIpc) is 2.62. The molecule has 26 heavy (non-hydrogen) atoms. The normalized spacial score (nSPS) is 20.6. The molecule has 1 fully saturated rings. The minimum Gasteiger partial charge on any atom is -0.507 e. The topological polar surface area (TPSA) is 64.5 Å². The van der Waals surface area contributed by atoms with E-state index < -0.39 is 0 Å². The van der Waals surface area contributed by atoms with E-state index in [2.05, 4.69) is 39.3 Å². The molecule has 6 heteroatoms. The lowest BCUT2D eigenvalue weighted by molar-refractivity contribution is 0.244. The Hall–Kier alpha value is -2.34. The van der Waals surface area contributed by atoms with Crippen LogP contribution in [0, 0.1) is 13.8 Å². The summed E-state index contributed by atoms with van der Waals surface area (Å²) in [5, 5.41) is 23.0. The van der Waals surface area contributed by atoms with Gasteiger partial charge >= 0.3 is 0 Å². The van der Waals surface area contributed by atoms with Crippen molar-refractivity contribution < 1.29 is 5.11 Å². The Morgan fingerprint density at radius 3 is 2.81 bits per heavy atom. The summed E-state index contributed by atoms with van der Waals surface area (Å²) in [4.78, 5) is 4.81. The van der Waals surface area contributed by atoms with Crippen LogP contribution in [0.4, 0.5) is 11.5 Å². The van der Waals surface area contributed by atoms with Crippen molar-refractivity contribution in [3.05, 3.63) is 29.3 Å². The second-order valence-corrected chi connectivity index (χ2v) is 7.57. The number of anilines is 2. The molecule has 0 bridgehead atoms. The van der Waals surface area contributed by atoms with Crippen molar-refractivity contribution in [3.8, 4) is 17.0 Å². The number of aryl methyl sites for hydroxylation is 1. The number of fused-ring (bicyclic) bond motifs is 1. The van der Waals surface area contributed by atoms with E-state index in [9.17, 15) is 5.11 Å². The van der Waals surface area contributed by atoms with Gasteiger partial charge in [-0.3, -0.25) is 0 Å². The number of nitrogens with one attached hydrogen (secondary N) is 1. The third kappa shape index (κ3) is 2.98. The van der Waals surface area contributed by atoms with Gasteiger partial charge in [-0.2, -0.15) is 0 Å². The van der Waals surface area contributed by atoms with Crippen LogP contribution in [0.1, 0.15) is 24.0 Å². The highest BCUT2D eigenvalue weighted by Gasteiger charge is 2.30. The molecule has 0 unspecified atom stereocenters. The van der Waals surface area contributed by atoms with Crippen molar-refractivity contribution in [1.82, 2.24) is 15.1 Å². The number of phenolic OH excluding ortho intramolecular Hbond substituents is 1. The quantitative estimate of drug-likeness (QED) is 0.866. The molecule has 1 aromatic heterocycles. The SMILES string of the molecule is Cc1ccc(-c2nnc3c(c2C)NCCN3[C@@H]2CCCN(C)C2)c(O)c1. The fraction of sp³-hybridized carbons (Fsp3) is 0.500. The van der Waals surface area contributed by atoms with Gasteiger partial charge in [0.05, 0.1) is 5.69 Å². The molecule has 0 radical (unpaired) electrons. The molecule has 6 nitrogen and oxygen atoms in total. The van der Waals surface area contributed by atoms with Crippen molar-refractivity contribution >= 4 is 11.5 Å². The minimum absolute atomic E-state index is 0.254. The zero-order chi connectivity index (χ0) is 18.3. The van der Waals surface area contributed by atoms with Gasteiger partial charge in [0.25, 0.3) is 0 Å². The van der Waals surface area contributed by atoms with Crippen LogP contribution in [0.3, 0.4) is 0 Å². The molecule has 0 aliphatic carbocycles. The van der Waals surface area contributed by atoms with Crippen molar-refractivity contribution in [1.29, 1.82) is 0 Å². The highest BCUT2D eigenvalue weighted by Crippen LogP contribution is 2.38. The van der Waals surface area contributed by atoms with Crippen LogP contribution in [-0.4, -0.2) is 59.5 Å². The molecule has 1 saturated heterocycles. The molecule has 2 N–H and O–H groups in total. The first-order valence-corrected chi connectivity index (χ1v) is 9.41. The molecule has 3 heterocycles. The number of rotatable bonds is 2. The van der Waals surface area contributed by atoms with Gasteiger partial charge in [0, 0.05) is 36.8 Å². The molecule has 2 aromatic rings. The lowest BCUT2D eigenvalue weighted by Crippen LogP contribution is -2.50. The minimum atomic E-state index is 0.254. The van der Waals surface area contributed by atoms with Crippen LogP contribution >= 0.6 is 0 Å². The van der Waals surface area contributed by atoms with E-state index in [-0.39, 0.29) is 5.75 Å². The summed E-state index contributed by atoms with van der Waals surface area (Å²) in [5.41, 5.74) is 4.61. The molecule has 0 amide bonds. The van der Waals surface area contributed by atoms with Crippen molar-refractivity contribution in [2.75, 3.05) is 43.4 Å². The number of phenols is 1. The Morgan fingerprint density at radius 2 is 2.04 bits per heavy atom. The zero-order valence-electron chi connectivity index (χ0n) is 15.8. The molecule has 138 valence electrons. The number of likely N-dealkylation sites (N-methyl/N-ethyl adjacent to an activating group) is 1. The molecular formula is C20H27N5O. The second kappa shape index (κ2) is 6.76. The fourth-order valence-electron chi connectivity index (χ4n) is 4.18. The number of aromatic nitrogens is 2. The molecule has 1 aromatic carbocycles. The van der Waals surface area contributed by atoms with Gasteiger partial charge in [0.2, 0.25) is 0 Å². The first kappa shape index (κ1) is 17.1. The Bertz CT molecular complexity index is 822. The number of benzene rings is 1. The van der Waals surface area contributed by atoms with Gasteiger partial charge in [0.1, 0.15) is 11.4 Å². The molecule has 4 rings (SSSR count). The molecular weight excluding hydrogens is 326 g/mol. The summed E-state index contributed by atoms with van der Waals surface area (Å²) in [6.07, 6.45) is 2.42. The summed E-state index contributed by atoms with van der Waals surface area (Å²) in [6, 6.07) is 6.17. The highest BCUT2D eigenvalue weighted by molar-refractivity contribution is 5.80. The summed E-state index contributed by atoms with van der Waals surface area (Å²) < 4.78 is 0. The second-order valence-electron chi connectivity index (χ2n) is 7.57. The van der Waals surface area contributed by atoms with E-state index in [1.165, 1.54) is 19.4 Å². The van der Waals surface area contributed by atoms with Crippen LogP contribution in [0.5, 0.6) is 5.75 Å². The Morgan fingerprint density at radius 1 is 1.19 bits per heavy atom. The number of hydrogen-bond acceptors (Lipinski definition) is 6. The van der Waals surface area contributed by atoms with Gasteiger partial charge in [-0.15, -0.1) is 10.2 Å². The average molecular weight is 353 g/mol. The van der Waals surface area contributed by atoms with Crippen LogP contribution < -0.4 is 10.2 Å². The number of hydrogen-bond donors (Lipinski definition) is 2. The molecule has 2 aliphatic rings. The number of nitrogens with zero attached hydrogens (tertiary/aromatic N) is 4. The lowest BCUT2D eigenvalue weighted by atomic mass is 10.0. The van der Waals surface area contributed by atoms with Crippen LogP contribution in [0.25, 0.3) is 11.3 Å².